The van der Waals surface area contributed by atoms with Gasteiger partial charge >= 0.3 is 0 Å². The maximum Gasteiger partial charge on any atom is 0.163 e. The SMILES string of the molecule is CC[C@H]1CC(=O)c2cccc(OC)c2C1. The van der Waals surface area contributed by atoms with Crippen LogP contribution in [0.15, 0.2) is 18.2 Å². The lowest BCUT2D eigenvalue weighted by molar-refractivity contribution is 0.0946. The summed E-state index contributed by atoms with van der Waals surface area (Å²) < 4.78 is 5.30. The molecular weight excluding hydrogens is 188 g/mol. The van der Waals surface area contributed by atoms with Crippen LogP contribution in [0.5, 0.6) is 5.75 Å². The Balaban J connectivity index is 2.45. The van der Waals surface area contributed by atoms with Gasteiger partial charge in [-0.2, -0.15) is 0 Å². The molecule has 0 saturated heterocycles. The number of Topliss-reactive ketones (excluding diaryl/α,β-unsaturated/α-hetero) is 1. The Morgan fingerprint density at radius 1 is 1.40 bits per heavy atom. The second-order valence-corrected chi connectivity index (χ2v) is 4.09. The standard InChI is InChI=1S/C13H16O2/c1-3-9-7-11-10(12(14)8-9)5-4-6-13(11)15-2/h4-6,9H,3,7-8H2,1-2H3/t9-/m1/s1. The van der Waals surface area contributed by atoms with Gasteiger partial charge in [-0.25, -0.2) is 0 Å². The predicted molar refractivity (Wildman–Crippen MR) is 59.4 cm³/mol. The summed E-state index contributed by atoms with van der Waals surface area (Å²) in [5, 5.41) is 0. The lowest BCUT2D eigenvalue weighted by Crippen LogP contribution is -2.20. The molecular formula is C13H16O2. The minimum Gasteiger partial charge on any atom is -0.496 e. The Bertz CT molecular complexity index is 382. The molecule has 1 aliphatic rings. The molecule has 0 fully saturated rings. The van der Waals surface area contributed by atoms with E-state index in [1.807, 2.05) is 18.2 Å². The molecule has 80 valence electrons. The third kappa shape index (κ3) is 1.76. The molecule has 1 atom stereocenters. The highest BCUT2D eigenvalue weighted by molar-refractivity contribution is 5.99. The van der Waals surface area contributed by atoms with E-state index in [-0.39, 0.29) is 5.78 Å². The zero-order valence-corrected chi connectivity index (χ0v) is 9.25. The summed E-state index contributed by atoms with van der Waals surface area (Å²) in [5.74, 6) is 1.61. The average Bonchev–Trinajstić information content (AvgIpc) is 2.28. The molecule has 1 aliphatic carbocycles. The first kappa shape index (κ1) is 10.2. The van der Waals surface area contributed by atoms with Crippen LogP contribution in [0.3, 0.4) is 0 Å². The number of carbonyl (C=O) groups is 1. The molecule has 0 radical (unpaired) electrons. The van der Waals surface area contributed by atoms with Crippen LogP contribution in [0.4, 0.5) is 0 Å². The molecule has 2 heteroatoms. The largest absolute Gasteiger partial charge is 0.496 e. The molecule has 0 spiro atoms. The van der Waals surface area contributed by atoms with Crippen LogP contribution in [-0.4, -0.2) is 12.9 Å². The van der Waals surface area contributed by atoms with Crippen LogP contribution < -0.4 is 4.74 Å². The molecule has 1 aromatic carbocycles. The summed E-state index contributed by atoms with van der Waals surface area (Å²) in [6.45, 7) is 2.14. The first-order chi connectivity index (χ1) is 7.26. The highest BCUT2D eigenvalue weighted by Gasteiger charge is 2.25. The van der Waals surface area contributed by atoms with Gasteiger partial charge in [0.1, 0.15) is 5.75 Å². The molecule has 0 saturated carbocycles. The van der Waals surface area contributed by atoms with Gasteiger partial charge in [-0.3, -0.25) is 4.79 Å². The van der Waals surface area contributed by atoms with E-state index in [1.54, 1.807) is 7.11 Å². The highest BCUT2D eigenvalue weighted by Crippen LogP contribution is 2.33. The van der Waals surface area contributed by atoms with Crippen LogP contribution in [0.2, 0.25) is 0 Å². The number of ether oxygens (including phenoxy) is 1. The molecule has 0 bridgehead atoms. The van der Waals surface area contributed by atoms with Gasteiger partial charge in [-0.1, -0.05) is 25.5 Å². The van der Waals surface area contributed by atoms with Crippen molar-refractivity contribution in [3.05, 3.63) is 29.3 Å². The van der Waals surface area contributed by atoms with Crippen LogP contribution in [-0.2, 0) is 6.42 Å². The summed E-state index contributed by atoms with van der Waals surface area (Å²) in [6, 6.07) is 5.73. The number of methoxy groups -OCH3 is 1. The maximum absolute atomic E-state index is 11.9. The van der Waals surface area contributed by atoms with Crippen LogP contribution in [0.25, 0.3) is 0 Å². The van der Waals surface area contributed by atoms with E-state index in [1.165, 1.54) is 0 Å². The van der Waals surface area contributed by atoms with Gasteiger partial charge < -0.3 is 4.74 Å². The fraction of sp³-hybridized carbons (Fsp3) is 0.462. The third-order valence-electron chi connectivity index (χ3n) is 3.20. The summed E-state index contributed by atoms with van der Waals surface area (Å²) in [7, 11) is 1.66. The molecule has 0 heterocycles. The van der Waals surface area contributed by atoms with Gasteiger partial charge in [0.2, 0.25) is 0 Å². The van der Waals surface area contributed by atoms with Gasteiger partial charge in [-0.15, -0.1) is 0 Å². The van der Waals surface area contributed by atoms with E-state index in [2.05, 4.69) is 6.92 Å². The van der Waals surface area contributed by atoms with Gasteiger partial charge in [0.05, 0.1) is 7.11 Å². The third-order valence-corrected chi connectivity index (χ3v) is 3.20. The minimum absolute atomic E-state index is 0.266. The molecule has 0 unspecified atom stereocenters. The minimum atomic E-state index is 0.266. The Hall–Kier alpha value is -1.31. The predicted octanol–water partition coefficient (Wildman–Crippen LogP) is 2.85. The van der Waals surface area contributed by atoms with Gasteiger partial charge in [0, 0.05) is 17.5 Å². The second-order valence-electron chi connectivity index (χ2n) is 4.09. The average molecular weight is 204 g/mol. The van der Waals surface area contributed by atoms with E-state index < -0.39 is 0 Å². The molecule has 1 aromatic rings. The van der Waals surface area contributed by atoms with Crippen molar-refractivity contribution in [2.45, 2.75) is 26.2 Å². The summed E-state index contributed by atoms with van der Waals surface area (Å²) in [4.78, 5) is 11.9. The van der Waals surface area contributed by atoms with Crippen molar-refractivity contribution in [2.75, 3.05) is 7.11 Å². The Morgan fingerprint density at radius 2 is 2.20 bits per heavy atom. The number of benzene rings is 1. The van der Waals surface area contributed by atoms with Gasteiger partial charge in [0.15, 0.2) is 5.78 Å². The molecule has 2 rings (SSSR count). The molecule has 0 amide bonds. The zero-order valence-electron chi connectivity index (χ0n) is 9.25. The number of rotatable bonds is 2. The van der Waals surface area contributed by atoms with Gasteiger partial charge in [-0.05, 0) is 18.4 Å². The van der Waals surface area contributed by atoms with Crippen molar-refractivity contribution in [1.82, 2.24) is 0 Å². The number of carbonyl (C=O) groups excluding carboxylic acids is 1. The topological polar surface area (TPSA) is 26.3 Å². The summed E-state index contributed by atoms with van der Waals surface area (Å²) in [5.41, 5.74) is 1.96. The van der Waals surface area contributed by atoms with E-state index in [9.17, 15) is 4.79 Å². The molecule has 0 aliphatic heterocycles. The summed E-state index contributed by atoms with van der Waals surface area (Å²) >= 11 is 0. The highest BCUT2D eigenvalue weighted by atomic mass is 16.5. The maximum atomic E-state index is 11.9. The lowest BCUT2D eigenvalue weighted by atomic mass is 9.81. The van der Waals surface area contributed by atoms with Crippen molar-refractivity contribution < 1.29 is 9.53 Å². The van der Waals surface area contributed by atoms with Crippen molar-refractivity contribution in [3.8, 4) is 5.75 Å². The Kier molecular flexibility index (Phi) is 2.76. The Labute approximate surface area is 90.3 Å². The first-order valence-corrected chi connectivity index (χ1v) is 5.45. The monoisotopic (exact) mass is 204 g/mol. The smallest absolute Gasteiger partial charge is 0.163 e. The van der Waals surface area contributed by atoms with E-state index in [0.29, 0.717) is 12.3 Å². The Morgan fingerprint density at radius 3 is 2.87 bits per heavy atom. The summed E-state index contributed by atoms with van der Waals surface area (Å²) in [6.07, 6.45) is 2.72. The van der Waals surface area contributed by atoms with Crippen molar-refractivity contribution in [2.24, 2.45) is 5.92 Å². The van der Waals surface area contributed by atoms with Crippen LogP contribution >= 0.6 is 0 Å². The van der Waals surface area contributed by atoms with E-state index >= 15 is 0 Å². The quantitative estimate of drug-likeness (QED) is 0.740. The fourth-order valence-corrected chi connectivity index (χ4v) is 2.25. The molecule has 2 nitrogen and oxygen atoms in total. The van der Waals surface area contributed by atoms with Crippen molar-refractivity contribution in [1.29, 1.82) is 0 Å². The molecule has 0 N–H and O–H groups in total. The number of fused-ring (bicyclic) bond motifs is 1. The van der Waals surface area contributed by atoms with E-state index in [0.717, 1.165) is 29.7 Å². The normalized spacial score (nSPS) is 19.9. The first-order valence-electron chi connectivity index (χ1n) is 5.45. The number of hydrogen-bond acceptors (Lipinski definition) is 2. The molecule has 0 aromatic heterocycles. The van der Waals surface area contributed by atoms with Crippen molar-refractivity contribution in [3.63, 3.8) is 0 Å². The lowest BCUT2D eigenvalue weighted by Gasteiger charge is -2.24. The van der Waals surface area contributed by atoms with Crippen molar-refractivity contribution >= 4 is 5.78 Å². The van der Waals surface area contributed by atoms with E-state index in [4.69, 9.17) is 4.74 Å². The van der Waals surface area contributed by atoms with Crippen LogP contribution in [0.1, 0.15) is 35.7 Å². The molecule has 15 heavy (non-hydrogen) atoms. The van der Waals surface area contributed by atoms with Gasteiger partial charge in [0.25, 0.3) is 0 Å². The second kappa shape index (κ2) is 4.05. The number of hydrogen-bond donors (Lipinski definition) is 0. The fourth-order valence-electron chi connectivity index (χ4n) is 2.25. The van der Waals surface area contributed by atoms with Crippen LogP contribution in [0, 0.1) is 5.92 Å². The zero-order chi connectivity index (χ0) is 10.8. The number of ketones is 1.